The normalized spacial score (nSPS) is 11.6. The van der Waals surface area contributed by atoms with Crippen LogP contribution in [-0.4, -0.2) is 15.0 Å². The molecule has 0 aliphatic heterocycles. The highest BCUT2D eigenvalue weighted by Crippen LogP contribution is 2.44. The third-order valence-electron chi connectivity index (χ3n) is 10.6. The Labute approximate surface area is 327 Å². The number of para-hydroxylation sites is 1. The smallest absolute Gasteiger partial charge is 0.160 e. The van der Waals surface area contributed by atoms with Crippen molar-refractivity contribution in [2.75, 3.05) is 0 Å². The number of fused-ring (bicyclic) bond motifs is 6. The number of nitrogens with zero attached hydrogens (tertiary/aromatic N) is 3. The van der Waals surface area contributed by atoms with E-state index in [1.165, 1.54) is 25.7 Å². The van der Waals surface area contributed by atoms with E-state index in [0.717, 1.165) is 78.0 Å². The molecule has 0 aliphatic carbocycles. The SMILES string of the molecule is c1ccc(-c2cc(-c3ccc(-c4ccc(-c5ccc6sc7ccccc7c6c5)c5c4oc4ccccc45)cc3)nc(-c3ccc(-c4ccccn4)cc3)n2)cc1. The molecule has 0 amide bonds. The van der Waals surface area contributed by atoms with Gasteiger partial charge >= 0.3 is 0 Å². The van der Waals surface area contributed by atoms with Gasteiger partial charge in [-0.15, -0.1) is 11.3 Å². The summed E-state index contributed by atoms with van der Waals surface area (Å²) in [5, 5.41) is 4.82. The highest BCUT2D eigenvalue weighted by Gasteiger charge is 2.19. The van der Waals surface area contributed by atoms with Crippen molar-refractivity contribution >= 4 is 53.4 Å². The van der Waals surface area contributed by atoms with Crippen LogP contribution in [0, 0.1) is 0 Å². The van der Waals surface area contributed by atoms with Crippen LogP contribution in [0.25, 0.3) is 110 Å². The van der Waals surface area contributed by atoms with Crippen LogP contribution in [0.4, 0.5) is 0 Å². The molecule has 0 atom stereocenters. The van der Waals surface area contributed by atoms with Gasteiger partial charge in [-0.3, -0.25) is 4.98 Å². The minimum atomic E-state index is 0.672. The summed E-state index contributed by atoms with van der Waals surface area (Å²) < 4.78 is 9.31. The van der Waals surface area contributed by atoms with Crippen LogP contribution in [-0.2, 0) is 0 Å². The Morgan fingerprint density at radius 2 is 1.00 bits per heavy atom. The van der Waals surface area contributed by atoms with Gasteiger partial charge in [-0.2, -0.15) is 0 Å². The lowest BCUT2D eigenvalue weighted by molar-refractivity contribution is 0.670. The second-order valence-corrected chi connectivity index (χ2v) is 15.1. The van der Waals surface area contributed by atoms with Gasteiger partial charge < -0.3 is 4.42 Å². The molecule has 7 aromatic carbocycles. The molecule has 4 nitrogen and oxygen atoms in total. The van der Waals surface area contributed by atoms with E-state index in [1.807, 2.05) is 60.0 Å². The van der Waals surface area contributed by atoms with Crippen molar-refractivity contribution in [1.29, 1.82) is 0 Å². The Balaban J connectivity index is 1.00. The van der Waals surface area contributed by atoms with Gasteiger partial charge in [-0.05, 0) is 65.2 Å². The van der Waals surface area contributed by atoms with Crippen LogP contribution < -0.4 is 0 Å². The highest BCUT2D eigenvalue weighted by atomic mass is 32.1. The quantitative estimate of drug-likeness (QED) is 0.171. The molecule has 0 unspecified atom stereocenters. The predicted molar refractivity (Wildman–Crippen MR) is 233 cm³/mol. The van der Waals surface area contributed by atoms with Crippen molar-refractivity contribution in [3.8, 4) is 67.4 Å². The van der Waals surface area contributed by atoms with Crippen molar-refractivity contribution in [1.82, 2.24) is 15.0 Å². The minimum Gasteiger partial charge on any atom is -0.455 e. The number of benzene rings is 7. The van der Waals surface area contributed by atoms with Gasteiger partial charge in [-0.25, -0.2) is 9.97 Å². The summed E-state index contributed by atoms with van der Waals surface area (Å²) in [5.41, 5.74) is 12.9. The minimum absolute atomic E-state index is 0.672. The van der Waals surface area contributed by atoms with Gasteiger partial charge in [0.2, 0.25) is 0 Å². The summed E-state index contributed by atoms with van der Waals surface area (Å²) in [6.45, 7) is 0. The van der Waals surface area contributed by atoms with Crippen LogP contribution >= 0.6 is 11.3 Å². The van der Waals surface area contributed by atoms with Crippen LogP contribution in [0.5, 0.6) is 0 Å². The van der Waals surface area contributed by atoms with Crippen molar-refractivity contribution < 1.29 is 4.42 Å². The summed E-state index contributed by atoms with van der Waals surface area (Å²) in [5.74, 6) is 0.672. The van der Waals surface area contributed by atoms with E-state index in [2.05, 4.69) is 145 Å². The molecule has 5 heteroatoms. The molecular weight excluding hydrogens is 703 g/mol. The first-order valence-electron chi connectivity index (χ1n) is 18.7. The van der Waals surface area contributed by atoms with Gasteiger partial charge in [0.15, 0.2) is 5.82 Å². The largest absolute Gasteiger partial charge is 0.455 e. The first-order valence-corrected chi connectivity index (χ1v) is 19.5. The van der Waals surface area contributed by atoms with E-state index in [-0.39, 0.29) is 0 Å². The topological polar surface area (TPSA) is 51.8 Å². The summed E-state index contributed by atoms with van der Waals surface area (Å²) in [4.78, 5) is 14.7. The van der Waals surface area contributed by atoms with Gasteiger partial charge in [0, 0.05) is 65.0 Å². The molecule has 4 aromatic heterocycles. The molecule has 0 radical (unpaired) electrons. The maximum Gasteiger partial charge on any atom is 0.160 e. The lowest BCUT2D eigenvalue weighted by Crippen LogP contribution is -1.96. The van der Waals surface area contributed by atoms with E-state index in [1.54, 1.807) is 0 Å². The molecule has 0 saturated heterocycles. The Morgan fingerprint density at radius 1 is 0.393 bits per heavy atom. The third-order valence-corrected chi connectivity index (χ3v) is 11.8. The summed E-state index contributed by atoms with van der Waals surface area (Å²) in [7, 11) is 0. The first-order chi connectivity index (χ1) is 27.7. The molecular formula is C51H31N3OS. The summed E-state index contributed by atoms with van der Waals surface area (Å²) in [6.07, 6.45) is 1.81. The zero-order valence-electron chi connectivity index (χ0n) is 30.1. The standard InChI is InChI=1S/C51H31N3OS/c1-2-10-33(11-3-1)44-31-45(54-51(53-44)36-23-21-34(22-24-36)43-14-8-9-29-52-43)35-19-17-32(18-20-35)39-27-26-38(49-41-13-4-6-15-46(41)55-50(39)49)37-25-28-48-42(30-37)40-12-5-7-16-47(40)56-48/h1-31H. The molecule has 11 aromatic rings. The Bertz CT molecular complexity index is 3220. The fourth-order valence-electron chi connectivity index (χ4n) is 7.81. The van der Waals surface area contributed by atoms with Crippen LogP contribution in [0.2, 0.25) is 0 Å². The Kier molecular flexibility index (Phi) is 7.64. The molecule has 0 bridgehead atoms. The molecule has 262 valence electrons. The Morgan fingerprint density at radius 3 is 1.79 bits per heavy atom. The second kappa shape index (κ2) is 13.3. The van der Waals surface area contributed by atoms with Gasteiger partial charge in [0.1, 0.15) is 11.2 Å². The number of rotatable bonds is 6. The van der Waals surface area contributed by atoms with E-state index in [9.17, 15) is 0 Å². The van der Waals surface area contributed by atoms with E-state index < -0.39 is 0 Å². The average molecular weight is 734 g/mol. The van der Waals surface area contributed by atoms with E-state index in [0.29, 0.717) is 5.82 Å². The predicted octanol–water partition coefficient (Wildman–Crippen LogP) is 14.1. The van der Waals surface area contributed by atoms with Crippen LogP contribution in [0.3, 0.4) is 0 Å². The lowest BCUT2D eigenvalue weighted by Gasteiger charge is -2.11. The number of thiophene rings is 1. The molecule has 0 fully saturated rings. The highest BCUT2D eigenvalue weighted by molar-refractivity contribution is 7.25. The number of hydrogen-bond acceptors (Lipinski definition) is 5. The fraction of sp³-hybridized carbons (Fsp3) is 0. The molecule has 0 spiro atoms. The number of pyridine rings is 1. The lowest BCUT2D eigenvalue weighted by atomic mass is 9.93. The van der Waals surface area contributed by atoms with Crippen LogP contribution in [0.1, 0.15) is 0 Å². The van der Waals surface area contributed by atoms with Crippen molar-refractivity contribution in [3.63, 3.8) is 0 Å². The maximum absolute atomic E-state index is 6.70. The molecule has 11 rings (SSSR count). The molecule has 0 N–H and O–H groups in total. The van der Waals surface area contributed by atoms with Crippen molar-refractivity contribution in [2.45, 2.75) is 0 Å². The average Bonchev–Trinajstić information content (AvgIpc) is 3.85. The van der Waals surface area contributed by atoms with Gasteiger partial charge in [0.05, 0.1) is 17.1 Å². The van der Waals surface area contributed by atoms with Gasteiger partial charge in [-0.1, -0.05) is 133 Å². The molecule has 0 saturated carbocycles. The first kappa shape index (κ1) is 32.2. The fourth-order valence-corrected chi connectivity index (χ4v) is 8.90. The second-order valence-electron chi connectivity index (χ2n) is 14.0. The summed E-state index contributed by atoms with van der Waals surface area (Å²) >= 11 is 1.84. The maximum atomic E-state index is 6.70. The number of furan rings is 1. The molecule has 4 heterocycles. The monoisotopic (exact) mass is 733 g/mol. The summed E-state index contributed by atoms with van der Waals surface area (Å²) in [6, 6.07) is 63.6. The molecule has 56 heavy (non-hydrogen) atoms. The van der Waals surface area contributed by atoms with Crippen LogP contribution in [0.15, 0.2) is 193 Å². The van der Waals surface area contributed by atoms with E-state index >= 15 is 0 Å². The zero-order chi connectivity index (χ0) is 37.0. The number of hydrogen-bond donors (Lipinski definition) is 0. The number of aromatic nitrogens is 3. The van der Waals surface area contributed by atoms with Crippen molar-refractivity contribution in [3.05, 3.63) is 188 Å². The zero-order valence-corrected chi connectivity index (χ0v) is 30.9. The third kappa shape index (κ3) is 5.56. The molecule has 0 aliphatic rings. The van der Waals surface area contributed by atoms with E-state index in [4.69, 9.17) is 14.4 Å². The van der Waals surface area contributed by atoms with Crippen molar-refractivity contribution in [2.24, 2.45) is 0 Å². The van der Waals surface area contributed by atoms with Gasteiger partial charge in [0.25, 0.3) is 0 Å². The Hall–Kier alpha value is -7.21.